The molecule has 1 atom stereocenters. The van der Waals surface area contributed by atoms with Gasteiger partial charge in [-0.25, -0.2) is 12.8 Å². The molecule has 0 spiro atoms. The lowest BCUT2D eigenvalue weighted by atomic mass is 10.1. The van der Waals surface area contributed by atoms with Crippen LogP contribution in [0.5, 0.6) is 0 Å². The largest absolute Gasteiger partial charge is 0.354 e. The highest BCUT2D eigenvalue weighted by molar-refractivity contribution is 7.92. The maximum atomic E-state index is 14.0. The van der Waals surface area contributed by atoms with Crippen molar-refractivity contribution < 1.29 is 22.4 Å². The van der Waals surface area contributed by atoms with Crippen LogP contribution in [-0.4, -0.2) is 44.3 Å². The number of carbonyl (C=O) groups excluding carboxylic acids is 2. The molecule has 0 heterocycles. The molecular weight excluding hydrogens is 541 g/mol. The summed E-state index contributed by atoms with van der Waals surface area (Å²) in [5.74, 6) is -1.43. The molecular formula is C29H33ClFN3O4S. The van der Waals surface area contributed by atoms with Crippen LogP contribution in [0.1, 0.15) is 32.8 Å². The van der Waals surface area contributed by atoms with Crippen LogP contribution in [0.3, 0.4) is 0 Å². The Bertz CT molecular complexity index is 1370. The van der Waals surface area contributed by atoms with Crippen LogP contribution in [0, 0.1) is 11.7 Å². The topological polar surface area (TPSA) is 86.8 Å². The van der Waals surface area contributed by atoms with Crippen molar-refractivity contribution >= 4 is 39.1 Å². The first-order chi connectivity index (χ1) is 18.5. The van der Waals surface area contributed by atoms with Crippen molar-refractivity contribution in [2.24, 2.45) is 5.92 Å². The van der Waals surface area contributed by atoms with Gasteiger partial charge in [0.2, 0.25) is 11.8 Å². The van der Waals surface area contributed by atoms with E-state index >= 15 is 0 Å². The standard InChI is InChI=1S/C29H33ClFN3O4S/c1-4-27(29(36)32-18-21(2)3)33(19-22-11-7-5-8-12-22)28(35)20-34(23-15-16-26(31)25(30)17-23)39(37,38)24-13-9-6-10-14-24/h5-17,21,27H,4,18-20H2,1-3H3,(H,32,36). The molecule has 0 fully saturated rings. The van der Waals surface area contributed by atoms with Gasteiger partial charge in [0, 0.05) is 13.1 Å². The lowest BCUT2D eigenvalue weighted by Crippen LogP contribution is -2.52. The highest BCUT2D eigenvalue weighted by atomic mass is 35.5. The molecule has 10 heteroatoms. The molecule has 3 rings (SSSR count). The second-order valence-corrected chi connectivity index (χ2v) is 11.8. The predicted octanol–water partition coefficient (Wildman–Crippen LogP) is 5.25. The fraction of sp³-hybridized carbons (Fsp3) is 0.310. The lowest BCUT2D eigenvalue weighted by molar-refractivity contribution is -0.140. The SMILES string of the molecule is CCC(C(=O)NCC(C)C)N(Cc1ccccc1)C(=O)CN(c1ccc(F)c(Cl)c1)S(=O)(=O)c1ccccc1. The molecule has 39 heavy (non-hydrogen) atoms. The molecule has 0 radical (unpaired) electrons. The van der Waals surface area contributed by atoms with Gasteiger partial charge in [-0.1, -0.05) is 80.9 Å². The quantitative estimate of drug-likeness (QED) is 0.320. The highest BCUT2D eigenvalue weighted by Gasteiger charge is 2.33. The van der Waals surface area contributed by atoms with Crippen LogP contribution in [-0.2, 0) is 26.2 Å². The Labute approximate surface area is 234 Å². The molecule has 1 unspecified atom stereocenters. The second kappa shape index (κ2) is 13.6. The number of carbonyl (C=O) groups is 2. The van der Waals surface area contributed by atoms with Gasteiger partial charge in [0.25, 0.3) is 10.0 Å². The molecule has 0 saturated heterocycles. The van der Waals surface area contributed by atoms with Gasteiger partial charge in [-0.2, -0.15) is 0 Å². The predicted molar refractivity (Wildman–Crippen MR) is 151 cm³/mol. The Kier molecular flexibility index (Phi) is 10.5. The van der Waals surface area contributed by atoms with Gasteiger partial charge in [0.15, 0.2) is 0 Å². The molecule has 2 amide bonds. The molecule has 0 bridgehead atoms. The first kappa shape index (κ1) is 30.1. The van der Waals surface area contributed by atoms with Crippen molar-refractivity contribution in [1.82, 2.24) is 10.2 Å². The van der Waals surface area contributed by atoms with Crippen molar-refractivity contribution in [1.29, 1.82) is 0 Å². The van der Waals surface area contributed by atoms with Crippen molar-refractivity contribution in [3.63, 3.8) is 0 Å². The molecule has 0 aliphatic heterocycles. The fourth-order valence-electron chi connectivity index (χ4n) is 4.01. The number of nitrogens with one attached hydrogen (secondary N) is 1. The minimum absolute atomic E-state index is 0.0237. The first-order valence-electron chi connectivity index (χ1n) is 12.7. The molecule has 208 valence electrons. The maximum absolute atomic E-state index is 14.0. The van der Waals surface area contributed by atoms with E-state index < -0.39 is 34.3 Å². The second-order valence-electron chi connectivity index (χ2n) is 9.49. The minimum Gasteiger partial charge on any atom is -0.354 e. The van der Waals surface area contributed by atoms with E-state index in [1.165, 1.54) is 29.2 Å². The van der Waals surface area contributed by atoms with Crippen molar-refractivity contribution in [3.8, 4) is 0 Å². The number of sulfonamides is 1. The van der Waals surface area contributed by atoms with Crippen molar-refractivity contribution in [2.45, 2.75) is 44.7 Å². The fourth-order valence-corrected chi connectivity index (χ4v) is 5.61. The van der Waals surface area contributed by atoms with Gasteiger partial charge in [-0.05, 0) is 48.2 Å². The van der Waals surface area contributed by atoms with Gasteiger partial charge in [-0.15, -0.1) is 0 Å². The van der Waals surface area contributed by atoms with Crippen LogP contribution in [0.2, 0.25) is 5.02 Å². The Hall–Kier alpha value is -3.43. The number of hydrogen-bond donors (Lipinski definition) is 1. The molecule has 0 aliphatic rings. The van der Waals surface area contributed by atoms with Crippen LogP contribution in [0.4, 0.5) is 10.1 Å². The summed E-state index contributed by atoms with van der Waals surface area (Å²) in [5.41, 5.74) is 0.804. The molecule has 0 aromatic heterocycles. The summed E-state index contributed by atoms with van der Waals surface area (Å²) >= 11 is 5.99. The van der Waals surface area contributed by atoms with E-state index in [0.29, 0.717) is 13.0 Å². The van der Waals surface area contributed by atoms with Gasteiger partial charge < -0.3 is 10.2 Å². The van der Waals surface area contributed by atoms with E-state index in [9.17, 15) is 22.4 Å². The van der Waals surface area contributed by atoms with Crippen molar-refractivity contribution in [3.05, 3.63) is 95.3 Å². The Balaban J connectivity index is 2.04. The zero-order valence-electron chi connectivity index (χ0n) is 22.2. The van der Waals surface area contributed by atoms with E-state index in [-0.39, 0.29) is 34.0 Å². The zero-order valence-corrected chi connectivity index (χ0v) is 23.8. The number of benzene rings is 3. The van der Waals surface area contributed by atoms with E-state index in [0.717, 1.165) is 15.9 Å². The van der Waals surface area contributed by atoms with Crippen LogP contribution in [0.25, 0.3) is 0 Å². The third-order valence-electron chi connectivity index (χ3n) is 6.07. The lowest BCUT2D eigenvalue weighted by Gasteiger charge is -2.33. The van der Waals surface area contributed by atoms with Crippen LogP contribution < -0.4 is 9.62 Å². The average molecular weight is 574 g/mol. The number of amides is 2. The molecule has 0 saturated carbocycles. The number of rotatable bonds is 12. The summed E-state index contributed by atoms with van der Waals surface area (Å²) in [5, 5.41) is 2.60. The molecule has 7 nitrogen and oxygen atoms in total. The normalized spacial score (nSPS) is 12.2. The number of halogens is 2. The van der Waals surface area contributed by atoms with E-state index in [1.54, 1.807) is 25.1 Å². The smallest absolute Gasteiger partial charge is 0.264 e. The molecule has 3 aromatic carbocycles. The summed E-state index contributed by atoms with van der Waals surface area (Å²) in [6.07, 6.45) is 0.316. The minimum atomic E-state index is -4.26. The summed E-state index contributed by atoms with van der Waals surface area (Å²) in [6.45, 7) is 5.63. The Morgan fingerprint density at radius 3 is 2.15 bits per heavy atom. The number of anilines is 1. The number of hydrogen-bond acceptors (Lipinski definition) is 4. The van der Waals surface area contributed by atoms with Crippen LogP contribution in [0.15, 0.2) is 83.8 Å². The van der Waals surface area contributed by atoms with E-state index in [2.05, 4.69) is 5.32 Å². The Morgan fingerprint density at radius 1 is 0.974 bits per heavy atom. The van der Waals surface area contributed by atoms with Gasteiger partial charge in [0.1, 0.15) is 18.4 Å². The van der Waals surface area contributed by atoms with E-state index in [1.807, 2.05) is 44.2 Å². The van der Waals surface area contributed by atoms with Gasteiger partial charge in [0.05, 0.1) is 15.6 Å². The molecule has 0 aliphatic carbocycles. The van der Waals surface area contributed by atoms with E-state index in [4.69, 9.17) is 11.6 Å². The summed E-state index contributed by atoms with van der Waals surface area (Å²) in [6, 6.07) is 19.4. The maximum Gasteiger partial charge on any atom is 0.264 e. The average Bonchev–Trinajstić information content (AvgIpc) is 2.92. The zero-order chi connectivity index (χ0) is 28.6. The molecule has 3 aromatic rings. The monoisotopic (exact) mass is 573 g/mol. The summed E-state index contributed by atoms with van der Waals surface area (Å²) in [7, 11) is -4.26. The van der Waals surface area contributed by atoms with Crippen LogP contribution >= 0.6 is 11.6 Å². The summed E-state index contributed by atoms with van der Waals surface area (Å²) < 4.78 is 42.3. The Morgan fingerprint density at radius 2 is 1.59 bits per heavy atom. The first-order valence-corrected chi connectivity index (χ1v) is 14.5. The van der Waals surface area contributed by atoms with Gasteiger partial charge >= 0.3 is 0 Å². The molecule has 1 N–H and O–H groups in total. The number of nitrogens with zero attached hydrogens (tertiary/aromatic N) is 2. The van der Waals surface area contributed by atoms with Gasteiger partial charge in [-0.3, -0.25) is 13.9 Å². The third-order valence-corrected chi connectivity index (χ3v) is 8.15. The third kappa shape index (κ3) is 7.80. The summed E-state index contributed by atoms with van der Waals surface area (Å²) in [4.78, 5) is 28.5. The van der Waals surface area contributed by atoms with Crippen molar-refractivity contribution in [2.75, 3.05) is 17.4 Å². The highest BCUT2D eigenvalue weighted by Crippen LogP contribution is 2.28.